The number of anilines is 1. The first kappa shape index (κ1) is 23.3. The Morgan fingerprint density at radius 3 is 2.12 bits per heavy atom. The molecule has 0 bridgehead atoms. The van der Waals surface area contributed by atoms with E-state index in [1.54, 1.807) is 62.7 Å². The van der Waals surface area contributed by atoms with Crippen molar-refractivity contribution in [1.29, 1.82) is 0 Å². The fourth-order valence-corrected chi connectivity index (χ4v) is 5.19. The van der Waals surface area contributed by atoms with Crippen molar-refractivity contribution in [3.8, 4) is 11.5 Å². The molecule has 32 heavy (non-hydrogen) atoms. The molecule has 3 aromatic carbocycles. The van der Waals surface area contributed by atoms with E-state index in [9.17, 15) is 13.2 Å². The number of rotatable bonds is 9. The molecule has 0 heterocycles. The predicted molar refractivity (Wildman–Crippen MR) is 125 cm³/mol. The fourth-order valence-electron chi connectivity index (χ4n) is 3.51. The van der Waals surface area contributed by atoms with Crippen LogP contribution >= 0.6 is 0 Å². The van der Waals surface area contributed by atoms with Crippen LogP contribution in [-0.2, 0) is 21.1 Å². The Hall–Kier alpha value is -3.32. The van der Waals surface area contributed by atoms with Crippen LogP contribution in [0.4, 0.5) is 5.69 Å². The summed E-state index contributed by atoms with van der Waals surface area (Å²) in [6.07, 6.45) is -0.0744. The first-order valence-electron chi connectivity index (χ1n) is 10.2. The molecule has 7 heteroatoms. The molecule has 0 aliphatic rings. The molecule has 1 amide bonds. The summed E-state index contributed by atoms with van der Waals surface area (Å²) in [5.41, 5.74) is 1.36. The number of ether oxygens (including phenoxy) is 2. The smallest absolute Gasteiger partial charge is 0.228 e. The second kappa shape index (κ2) is 10.3. The van der Waals surface area contributed by atoms with Crippen LogP contribution in [0.25, 0.3) is 0 Å². The molecular formula is C25H27NO5S. The van der Waals surface area contributed by atoms with E-state index in [0.29, 0.717) is 22.7 Å². The Morgan fingerprint density at radius 2 is 1.53 bits per heavy atom. The first-order valence-corrected chi connectivity index (χ1v) is 11.7. The van der Waals surface area contributed by atoms with Gasteiger partial charge in [0.1, 0.15) is 11.5 Å². The summed E-state index contributed by atoms with van der Waals surface area (Å²) in [6, 6.07) is 22.6. The van der Waals surface area contributed by atoms with Crippen molar-refractivity contribution < 1.29 is 22.7 Å². The highest BCUT2D eigenvalue weighted by atomic mass is 32.2. The van der Waals surface area contributed by atoms with Gasteiger partial charge >= 0.3 is 0 Å². The highest BCUT2D eigenvalue weighted by molar-refractivity contribution is 7.92. The number of sulfone groups is 1. The molecule has 168 valence electrons. The van der Waals surface area contributed by atoms with E-state index >= 15 is 0 Å². The molecule has 0 saturated heterocycles. The molecule has 1 atom stereocenters. The van der Waals surface area contributed by atoms with Crippen LogP contribution < -0.4 is 14.4 Å². The van der Waals surface area contributed by atoms with Crippen molar-refractivity contribution >= 4 is 21.4 Å². The Bertz CT molecular complexity index is 1150. The quantitative estimate of drug-likeness (QED) is 0.487. The molecule has 0 fully saturated rings. The third kappa shape index (κ3) is 5.29. The van der Waals surface area contributed by atoms with Crippen LogP contribution in [0.15, 0.2) is 83.8 Å². The van der Waals surface area contributed by atoms with Crippen LogP contribution in [0, 0.1) is 0 Å². The van der Waals surface area contributed by atoms with E-state index in [1.807, 2.05) is 30.3 Å². The molecule has 3 rings (SSSR count). The summed E-state index contributed by atoms with van der Waals surface area (Å²) in [5.74, 6) is 0.842. The largest absolute Gasteiger partial charge is 0.497 e. The third-order valence-corrected chi connectivity index (χ3v) is 7.51. The third-order valence-electron chi connectivity index (χ3n) is 5.37. The molecule has 0 spiro atoms. The van der Waals surface area contributed by atoms with E-state index in [1.165, 1.54) is 12.0 Å². The number of methoxy groups -OCH3 is 2. The van der Waals surface area contributed by atoms with Crippen molar-refractivity contribution in [2.75, 3.05) is 26.2 Å². The zero-order chi connectivity index (χ0) is 23.1. The molecule has 6 nitrogen and oxygen atoms in total. The van der Waals surface area contributed by atoms with E-state index in [2.05, 4.69) is 0 Å². The van der Waals surface area contributed by atoms with Crippen molar-refractivity contribution in [2.45, 2.75) is 23.0 Å². The minimum absolute atomic E-state index is 0.103. The number of hydrogen-bond donors (Lipinski definition) is 0. The lowest BCUT2D eigenvalue weighted by molar-refractivity contribution is -0.118. The van der Waals surface area contributed by atoms with Gasteiger partial charge in [-0.3, -0.25) is 4.79 Å². The van der Waals surface area contributed by atoms with Gasteiger partial charge in [0.15, 0.2) is 9.84 Å². The zero-order valence-corrected chi connectivity index (χ0v) is 19.2. The average molecular weight is 454 g/mol. The lowest BCUT2D eigenvalue weighted by Gasteiger charge is -2.23. The number of nitrogens with zero attached hydrogens (tertiary/aromatic N) is 1. The van der Waals surface area contributed by atoms with Gasteiger partial charge in [0.25, 0.3) is 0 Å². The second-order valence-electron chi connectivity index (χ2n) is 7.35. The molecule has 0 radical (unpaired) electrons. The van der Waals surface area contributed by atoms with Crippen molar-refractivity contribution in [3.63, 3.8) is 0 Å². The lowest BCUT2D eigenvalue weighted by atomic mass is 10.1. The van der Waals surface area contributed by atoms with Crippen LogP contribution in [0.2, 0.25) is 0 Å². The van der Waals surface area contributed by atoms with Gasteiger partial charge in [-0.15, -0.1) is 0 Å². The van der Waals surface area contributed by atoms with Gasteiger partial charge < -0.3 is 14.4 Å². The molecule has 0 N–H and O–H groups in total. The van der Waals surface area contributed by atoms with E-state index in [4.69, 9.17) is 9.47 Å². The number of carbonyl (C=O) groups excluding carboxylic acids is 1. The number of amides is 1. The van der Waals surface area contributed by atoms with Gasteiger partial charge in [-0.25, -0.2) is 8.42 Å². The lowest BCUT2D eigenvalue weighted by Crippen LogP contribution is -2.34. The first-order chi connectivity index (χ1) is 15.4. The Labute approximate surface area is 189 Å². The van der Waals surface area contributed by atoms with Crippen LogP contribution in [0.3, 0.4) is 0 Å². The highest BCUT2D eigenvalue weighted by Gasteiger charge is 2.32. The highest BCUT2D eigenvalue weighted by Crippen LogP contribution is 2.30. The monoisotopic (exact) mass is 453 g/mol. The second-order valence-corrected chi connectivity index (χ2v) is 9.58. The van der Waals surface area contributed by atoms with Gasteiger partial charge in [0.05, 0.1) is 24.4 Å². The predicted octanol–water partition coefficient (Wildman–Crippen LogP) is 4.14. The molecule has 0 aliphatic carbocycles. The maximum absolute atomic E-state index is 13.5. The minimum atomic E-state index is -3.80. The maximum Gasteiger partial charge on any atom is 0.228 e. The van der Waals surface area contributed by atoms with E-state index < -0.39 is 15.1 Å². The summed E-state index contributed by atoms with van der Waals surface area (Å²) in [5, 5.41) is -0.982. The molecular weight excluding hydrogens is 426 g/mol. The summed E-state index contributed by atoms with van der Waals surface area (Å²) in [6.45, 7) is 0. The van der Waals surface area contributed by atoms with Crippen LogP contribution in [0.1, 0.15) is 12.0 Å². The summed E-state index contributed by atoms with van der Waals surface area (Å²) in [4.78, 5) is 14.8. The normalized spacial score (nSPS) is 12.1. The van der Waals surface area contributed by atoms with E-state index in [0.717, 1.165) is 0 Å². The molecule has 0 aliphatic heterocycles. The number of hydrogen-bond acceptors (Lipinski definition) is 5. The summed E-state index contributed by atoms with van der Waals surface area (Å²) < 4.78 is 37.8. The van der Waals surface area contributed by atoms with Gasteiger partial charge in [0, 0.05) is 19.2 Å². The molecule has 0 saturated carbocycles. The Balaban J connectivity index is 1.98. The van der Waals surface area contributed by atoms with Gasteiger partial charge in [-0.2, -0.15) is 0 Å². The molecule has 1 unspecified atom stereocenters. The average Bonchev–Trinajstić information content (AvgIpc) is 2.84. The molecule has 3 aromatic rings. The zero-order valence-electron chi connectivity index (χ0n) is 18.4. The number of para-hydroxylation sites is 1. The van der Waals surface area contributed by atoms with Crippen LogP contribution in [0.5, 0.6) is 11.5 Å². The van der Waals surface area contributed by atoms with Crippen molar-refractivity contribution in [1.82, 2.24) is 0 Å². The van der Waals surface area contributed by atoms with Gasteiger partial charge in [-0.05, 0) is 54.4 Å². The summed E-state index contributed by atoms with van der Waals surface area (Å²) in [7, 11) is 0.922. The maximum atomic E-state index is 13.5. The van der Waals surface area contributed by atoms with Crippen molar-refractivity contribution in [2.24, 2.45) is 0 Å². The minimum Gasteiger partial charge on any atom is -0.497 e. The fraction of sp³-hybridized carbons (Fsp3) is 0.240. The van der Waals surface area contributed by atoms with Crippen LogP contribution in [-0.4, -0.2) is 40.8 Å². The standard InChI is InChI=1S/C25H27NO5S/c1-26(20-10-6-4-7-11-20)25(27)18-23(32(28,29)22-12-8-5-9-13-22)17-19-16-21(30-2)14-15-24(19)31-3/h4-16,23H,17-18H2,1-3H3. The Kier molecular flexibility index (Phi) is 7.53. The number of carbonyl (C=O) groups is 1. The topological polar surface area (TPSA) is 72.9 Å². The Morgan fingerprint density at radius 1 is 0.906 bits per heavy atom. The summed E-state index contributed by atoms with van der Waals surface area (Å²) >= 11 is 0. The van der Waals surface area contributed by atoms with E-state index in [-0.39, 0.29) is 23.6 Å². The number of benzene rings is 3. The van der Waals surface area contributed by atoms with Gasteiger partial charge in [0.2, 0.25) is 5.91 Å². The van der Waals surface area contributed by atoms with Gasteiger partial charge in [-0.1, -0.05) is 36.4 Å². The van der Waals surface area contributed by atoms with Crippen molar-refractivity contribution in [3.05, 3.63) is 84.4 Å². The SMILES string of the molecule is COc1ccc(OC)c(CC(CC(=O)N(C)c2ccccc2)S(=O)(=O)c2ccccc2)c1. The molecule has 0 aromatic heterocycles.